The second-order valence-electron chi connectivity index (χ2n) is 6.67. The highest BCUT2D eigenvalue weighted by Gasteiger charge is 2.61. The van der Waals surface area contributed by atoms with Gasteiger partial charge in [0.15, 0.2) is 0 Å². The summed E-state index contributed by atoms with van der Waals surface area (Å²) in [5, 5.41) is 22.8. The lowest BCUT2D eigenvalue weighted by atomic mass is 9.68. The predicted molar refractivity (Wildman–Crippen MR) is 76.6 cm³/mol. The third-order valence-corrected chi connectivity index (χ3v) is 5.32. The normalized spacial score (nSPS) is 36.3. The van der Waals surface area contributed by atoms with Crippen molar-refractivity contribution < 1.29 is 9.85 Å². The average Bonchev–Trinajstić information content (AvgIpc) is 2.68. The maximum absolute atomic E-state index is 11.4. The Morgan fingerprint density at radius 1 is 1.24 bits per heavy atom. The zero-order chi connectivity index (χ0) is 15.4. The molecular formula is C15H18N2O4. The summed E-state index contributed by atoms with van der Waals surface area (Å²) in [6.45, 7) is 3.88. The Morgan fingerprint density at radius 3 is 2.57 bits per heavy atom. The van der Waals surface area contributed by atoms with Crippen LogP contribution in [0.3, 0.4) is 0 Å². The molecule has 1 fully saturated rings. The highest BCUT2D eigenvalue weighted by molar-refractivity contribution is 5.38. The molecule has 0 aliphatic heterocycles. The molecule has 3 unspecified atom stereocenters. The first-order valence-electron chi connectivity index (χ1n) is 7.22. The summed E-state index contributed by atoms with van der Waals surface area (Å²) in [5.74, 6) is -0.574. The molecule has 0 spiro atoms. The van der Waals surface area contributed by atoms with Crippen LogP contribution in [0.25, 0.3) is 0 Å². The van der Waals surface area contributed by atoms with Crippen LogP contribution in [-0.4, -0.2) is 15.9 Å². The third-order valence-electron chi connectivity index (χ3n) is 5.32. The summed E-state index contributed by atoms with van der Waals surface area (Å²) in [4.78, 5) is 22.2. The topological polar surface area (TPSA) is 86.3 Å². The molecule has 3 aliphatic carbocycles. The number of rotatable bonds is 2. The number of hydrogen-bond acceptors (Lipinski definition) is 4. The van der Waals surface area contributed by atoms with Gasteiger partial charge in [0.2, 0.25) is 6.04 Å². The highest BCUT2D eigenvalue weighted by atomic mass is 16.6. The van der Waals surface area contributed by atoms with Crippen molar-refractivity contribution in [3.63, 3.8) is 0 Å². The van der Waals surface area contributed by atoms with Gasteiger partial charge in [0.1, 0.15) is 0 Å². The van der Waals surface area contributed by atoms with Crippen molar-refractivity contribution in [1.29, 1.82) is 0 Å². The minimum atomic E-state index is -0.632. The molecule has 3 rings (SSSR count). The molecule has 0 aromatic heterocycles. The summed E-state index contributed by atoms with van der Waals surface area (Å²) in [6.07, 6.45) is 8.50. The van der Waals surface area contributed by atoms with E-state index in [9.17, 15) is 20.2 Å². The van der Waals surface area contributed by atoms with Crippen LogP contribution in [0.4, 0.5) is 0 Å². The Hall–Kier alpha value is -1.98. The van der Waals surface area contributed by atoms with E-state index in [0.29, 0.717) is 12.8 Å². The van der Waals surface area contributed by atoms with Crippen molar-refractivity contribution in [2.75, 3.05) is 0 Å². The van der Waals surface area contributed by atoms with E-state index in [4.69, 9.17) is 0 Å². The number of allylic oxidation sites excluding steroid dienone is 5. The Morgan fingerprint density at radius 2 is 1.95 bits per heavy atom. The second kappa shape index (κ2) is 4.51. The van der Waals surface area contributed by atoms with Gasteiger partial charge < -0.3 is 0 Å². The molecule has 0 radical (unpaired) electrons. The van der Waals surface area contributed by atoms with Gasteiger partial charge in [-0.1, -0.05) is 37.6 Å². The fourth-order valence-electron chi connectivity index (χ4n) is 4.62. The fraction of sp³-hybridized carbons (Fsp3) is 0.600. The molecule has 0 heterocycles. The van der Waals surface area contributed by atoms with Crippen molar-refractivity contribution >= 4 is 0 Å². The minimum Gasteiger partial charge on any atom is -0.264 e. The molecule has 0 saturated heterocycles. The van der Waals surface area contributed by atoms with E-state index in [1.807, 2.05) is 19.9 Å². The van der Waals surface area contributed by atoms with E-state index in [1.54, 1.807) is 12.2 Å². The van der Waals surface area contributed by atoms with Gasteiger partial charge in [0, 0.05) is 23.3 Å². The average molecular weight is 290 g/mol. The molecule has 0 aromatic rings. The third kappa shape index (κ3) is 1.85. The Kier molecular flexibility index (Phi) is 3.00. The molecule has 0 bridgehead atoms. The quantitative estimate of drug-likeness (QED) is 0.444. The first-order chi connectivity index (χ1) is 9.85. The van der Waals surface area contributed by atoms with Gasteiger partial charge in [-0.15, -0.1) is 0 Å². The maximum atomic E-state index is 11.4. The molecule has 0 aromatic carbocycles. The Bertz CT molecular complexity index is 603. The van der Waals surface area contributed by atoms with Crippen LogP contribution in [0.2, 0.25) is 0 Å². The van der Waals surface area contributed by atoms with Gasteiger partial charge in [-0.25, -0.2) is 0 Å². The number of fused-ring (bicyclic) bond motifs is 3. The van der Waals surface area contributed by atoms with Gasteiger partial charge in [-0.2, -0.15) is 0 Å². The molecule has 0 amide bonds. The smallest absolute Gasteiger partial charge is 0.250 e. The van der Waals surface area contributed by atoms with Gasteiger partial charge in [0.25, 0.3) is 5.70 Å². The fourth-order valence-corrected chi connectivity index (χ4v) is 4.62. The van der Waals surface area contributed by atoms with Crippen LogP contribution in [0.1, 0.15) is 26.7 Å². The monoisotopic (exact) mass is 290 g/mol. The lowest BCUT2D eigenvalue weighted by Gasteiger charge is -2.34. The van der Waals surface area contributed by atoms with E-state index in [0.717, 1.165) is 5.57 Å². The van der Waals surface area contributed by atoms with Gasteiger partial charge in [-0.3, -0.25) is 20.2 Å². The summed E-state index contributed by atoms with van der Waals surface area (Å²) >= 11 is 0. The molecular weight excluding hydrogens is 272 g/mol. The molecule has 6 heteroatoms. The van der Waals surface area contributed by atoms with Gasteiger partial charge in [-0.05, 0) is 11.8 Å². The Labute approximate surface area is 122 Å². The van der Waals surface area contributed by atoms with Crippen LogP contribution in [0, 0.1) is 43.4 Å². The minimum absolute atomic E-state index is 0.0712. The van der Waals surface area contributed by atoms with Crippen molar-refractivity contribution in [1.82, 2.24) is 0 Å². The zero-order valence-corrected chi connectivity index (χ0v) is 12.1. The lowest BCUT2D eigenvalue weighted by Crippen LogP contribution is -2.40. The van der Waals surface area contributed by atoms with Crippen molar-refractivity contribution in [3.05, 3.63) is 55.8 Å². The van der Waals surface area contributed by atoms with Crippen LogP contribution >= 0.6 is 0 Å². The van der Waals surface area contributed by atoms with Crippen LogP contribution < -0.4 is 0 Å². The second-order valence-corrected chi connectivity index (χ2v) is 6.67. The summed E-state index contributed by atoms with van der Waals surface area (Å²) < 4.78 is 0. The van der Waals surface area contributed by atoms with E-state index in [1.165, 1.54) is 0 Å². The highest BCUT2D eigenvalue weighted by Crippen LogP contribution is 2.61. The maximum Gasteiger partial charge on any atom is 0.250 e. The standard InChI is InChI=1S/C15H18N2O4/c1-15(2)13-9(5-3-7-11(13)16(18)19)10-6-4-8-12(14(10)15)17(20)21/h3,5-7,9,12-14H,4,8H2,1-2H3/t9-,12?,13?,14?/m0/s1. The number of nitro groups is 2. The van der Waals surface area contributed by atoms with Gasteiger partial charge in [0.05, 0.1) is 16.8 Å². The first-order valence-corrected chi connectivity index (χ1v) is 7.22. The zero-order valence-electron chi connectivity index (χ0n) is 12.1. The first kappa shape index (κ1) is 14.0. The van der Waals surface area contributed by atoms with E-state index in [2.05, 4.69) is 6.08 Å². The molecule has 112 valence electrons. The predicted octanol–water partition coefficient (Wildman–Crippen LogP) is 2.97. The lowest BCUT2D eigenvalue weighted by molar-refractivity contribution is -0.535. The Balaban J connectivity index is 2.12. The van der Waals surface area contributed by atoms with Crippen molar-refractivity contribution in [2.45, 2.75) is 32.7 Å². The summed E-state index contributed by atoms with van der Waals surface area (Å²) in [5.41, 5.74) is 0.727. The molecule has 3 aliphatic rings. The van der Waals surface area contributed by atoms with Crippen molar-refractivity contribution in [2.24, 2.45) is 23.2 Å². The largest absolute Gasteiger partial charge is 0.264 e. The number of hydrogen-bond donors (Lipinski definition) is 0. The van der Waals surface area contributed by atoms with E-state index < -0.39 is 11.5 Å². The van der Waals surface area contributed by atoms with Crippen LogP contribution in [-0.2, 0) is 0 Å². The molecule has 21 heavy (non-hydrogen) atoms. The number of nitrogens with zero attached hydrogens (tertiary/aromatic N) is 2. The van der Waals surface area contributed by atoms with Gasteiger partial charge >= 0.3 is 0 Å². The van der Waals surface area contributed by atoms with Crippen molar-refractivity contribution in [3.8, 4) is 0 Å². The molecule has 0 N–H and O–H groups in total. The van der Waals surface area contributed by atoms with Crippen LogP contribution in [0.5, 0.6) is 0 Å². The summed E-state index contributed by atoms with van der Waals surface area (Å²) in [7, 11) is 0. The summed E-state index contributed by atoms with van der Waals surface area (Å²) in [6, 6.07) is -0.632. The SMILES string of the molecule is CC1(C)C2C(=CCCC2[N+](=O)[O-])[C@@H]2C=CC=C([N+](=O)[O-])C21. The molecule has 6 nitrogen and oxygen atoms in total. The van der Waals surface area contributed by atoms with E-state index >= 15 is 0 Å². The van der Waals surface area contributed by atoms with Crippen LogP contribution in [0.15, 0.2) is 35.6 Å². The molecule has 4 atom stereocenters. The molecule has 1 saturated carbocycles. The van der Waals surface area contributed by atoms with E-state index in [-0.39, 0.29) is 33.3 Å².